The van der Waals surface area contributed by atoms with Gasteiger partial charge in [-0.1, -0.05) is 0 Å². The van der Waals surface area contributed by atoms with E-state index in [1.807, 2.05) is 22.6 Å². The predicted molar refractivity (Wildman–Crippen MR) is 105 cm³/mol. The molecule has 0 amide bonds. The van der Waals surface area contributed by atoms with Crippen LogP contribution in [0, 0.1) is 15.2 Å². The summed E-state index contributed by atoms with van der Waals surface area (Å²) in [7, 11) is 2.77. The molecule has 10 heteroatoms. The zero-order chi connectivity index (χ0) is 20.7. The third kappa shape index (κ3) is 4.75. The molecule has 0 unspecified atom stereocenters. The summed E-state index contributed by atoms with van der Waals surface area (Å²) in [5, 5.41) is 21.9. The van der Waals surface area contributed by atoms with Crippen molar-refractivity contribution in [1.82, 2.24) is 14.8 Å². The van der Waals surface area contributed by atoms with Crippen LogP contribution in [-0.4, -0.2) is 39.2 Å². The number of aliphatic hydroxyl groups is 2. The van der Waals surface area contributed by atoms with Crippen LogP contribution in [0.15, 0.2) is 36.9 Å². The molecule has 1 aromatic heterocycles. The van der Waals surface area contributed by atoms with E-state index in [2.05, 4.69) is 10.1 Å². The fourth-order valence-electron chi connectivity index (χ4n) is 2.32. The standard InChI is InChI=1S/C10H10FN3O2.C8H8FIO2/c1-16-9-3-2-8(7(4-15)10(9)11)14-6-12-5-13-14;1-12-7-3-2-6(10)5(4-11)8(7)9/h2-3,5-6,15H,4H2,1H3;2-3,11H,4H2,1H3. The van der Waals surface area contributed by atoms with Gasteiger partial charge in [0.2, 0.25) is 0 Å². The summed E-state index contributed by atoms with van der Waals surface area (Å²) < 4.78 is 38.7. The van der Waals surface area contributed by atoms with E-state index in [-0.39, 0.29) is 29.2 Å². The minimum Gasteiger partial charge on any atom is -0.494 e. The largest absolute Gasteiger partial charge is 0.494 e. The average molecular weight is 505 g/mol. The molecule has 1 heterocycles. The summed E-state index contributed by atoms with van der Waals surface area (Å²) >= 11 is 1.96. The van der Waals surface area contributed by atoms with Crippen molar-refractivity contribution in [3.05, 3.63) is 63.3 Å². The quantitative estimate of drug-likeness (QED) is 0.519. The first-order chi connectivity index (χ1) is 13.5. The lowest BCUT2D eigenvalue weighted by Gasteiger charge is -2.10. The maximum Gasteiger partial charge on any atom is 0.172 e. The van der Waals surface area contributed by atoms with Gasteiger partial charge < -0.3 is 19.7 Å². The Bertz CT molecular complexity index is 924. The third-order valence-corrected chi connectivity index (χ3v) is 4.77. The number of methoxy groups -OCH3 is 2. The molecule has 0 aliphatic carbocycles. The van der Waals surface area contributed by atoms with Crippen LogP contribution in [-0.2, 0) is 13.2 Å². The van der Waals surface area contributed by atoms with E-state index >= 15 is 0 Å². The molecular formula is C18H18F2IN3O4. The molecule has 3 aromatic rings. The van der Waals surface area contributed by atoms with Crippen molar-refractivity contribution in [3.8, 4) is 17.2 Å². The smallest absolute Gasteiger partial charge is 0.172 e. The van der Waals surface area contributed by atoms with Crippen molar-refractivity contribution in [2.75, 3.05) is 14.2 Å². The fraction of sp³-hybridized carbons (Fsp3) is 0.222. The molecule has 0 saturated carbocycles. The highest BCUT2D eigenvalue weighted by atomic mass is 127. The van der Waals surface area contributed by atoms with Gasteiger partial charge in [0.1, 0.15) is 12.7 Å². The van der Waals surface area contributed by atoms with Gasteiger partial charge in [0.05, 0.1) is 33.1 Å². The van der Waals surface area contributed by atoms with Crippen molar-refractivity contribution in [1.29, 1.82) is 0 Å². The topological polar surface area (TPSA) is 89.6 Å². The summed E-state index contributed by atoms with van der Waals surface area (Å²) in [6, 6.07) is 6.33. The van der Waals surface area contributed by atoms with E-state index in [9.17, 15) is 8.78 Å². The Kier molecular flexibility index (Phi) is 8.08. The maximum atomic E-state index is 13.8. The predicted octanol–water partition coefficient (Wildman–Crippen LogP) is 2.84. The molecule has 3 rings (SSSR count). The van der Waals surface area contributed by atoms with Crippen LogP contribution in [0.5, 0.6) is 11.5 Å². The summed E-state index contributed by atoms with van der Waals surface area (Å²) in [6.07, 6.45) is 2.77. The Labute approximate surface area is 173 Å². The summed E-state index contributed by atoms with van der Waals surface area (Å²) in [4.78, 5) is 3.76. The van der Waals surface area contributed by atoms with Gasteiger partial charge >= 0.3 is 0 Å². The second kappa shape index (κ2) is 10.3. The molecule has 0 bridgehead atoms. The lowest BCUT2D eigenvalue weighted by Crippen LogP contribution is -2.04. The average Bonchev–Trinajstić information content (AvgIpc) is 3.23. The van der Waals surface area contributed by atoms with E-state index in [0.717, 1.165) is 0 Å². The summed E-state index contributed by atoms with van der Waals surface area (Å²) in [5.74, 6) is -0.808. The van der Waals surface area contributed by atoms with Crippen LogP contribution >= 0.6 is 22.6 Å². The molecule has 2 N–H and O–H groups in total. The Morgan fingerprint density at radius 3 is 2.04 bits per heavy atom. The number of hydrogen-bond donors (Lipinski definition) is 2. The van der Waals surface area contributed by atoms with E-state index in [1.54, 1.807) is 12.1 Å². The highest BCUT2D eigenvalue weighted by molar-refractivity contribution is 14.1. The second-order valence-electron chi connectivity index (χ2n) is 5.28. The van der Waals surface area contributed by atoms with E-state index in [0.29, 0.717) is 9.26 Å². The fourth-order valence-corrected chi connectivity index (χ4v) is 2.91. The zero-order valence-electron chi connectivity index (χ0n) is 15.1. The summed E-state index contributed by atoms with van der Waals surface area (Å²) in [5.41, 5.74) is 0.859. The number of aliphatic hydroxyl groups excluding tert-OH is 2. The minimum absolute atomic E-state index is 0.0907. The highest BCUT2D eigenvalue weighted by Gasteiger charge is 2.14. The minimum atomic E-state index is -0.585. The monoisotopic (exact) mass is 505 g/mol. The second-order valence-corrected chi connectivity index (χ2v) is 6.44. The van der Waals surface area contributed by atoms with Crippen LogP contribution in [0.4, 0.5) is 8.78 Å². The van der Waals surface area contributed by atoms with Gasteiger partial charge in [0.15, 0.2) is 23.1 Å². The summed E-state index contributed by atoms with van der Waals surface area (Å²) in [6.45, 7) is -0.737. The molecule has 2 aromatic carbocycles. The number of halogens is 3. The molecule has 0 aliphatic rings. The van der Waals surface area contributed by atoms with Crippen molar-refractivity contribution in [3.63, 3.8) is 0 Å². The van der Waals surface area contributed by atoms with Gasteiger partial charge in [-0.3, -0.25) is 0 Å². The van der Waals surface area contributed by atoms with Gasteiger partial charge in [-0.25, -0.2) is 18.4 Å². The van der Waals surface area contributed by atoms with Gasteiger partial charge in [0, 0.05) is 14.7 Å². The molecule has 0 spiro atoms. The van der Waals surface area contributed by atoms with Gasteiger partial charge in [0.25, 0.3) is 0 Å². The molecule has 150 valence electrons. The molecule has 0 saturated heterocycles. The molecule has 0 fully saturated rings. The van der Waals surface area contributed by atoms with Crippen LogP contribution in [0.25, 0.3) is 5.69 Å². The number of benzene rings is 2. The van der Waals surface area contributed by atoms with Gasteiger partial charge in [-0.2, -0.15) is 5.10 Å². The maximum absolute atomic E-state index is 13.8. The van der Waals surface area contributed by atoms with Crippen LogP contribution in [0.3, 0.4) is 0 Å². The SMILES string of the molecule is COc1ccc(-n2cncn2)c(CO)c1F.COc1ccc(I)c(CO)c1F. The number of rotatable bonds is 5. The first kappa shape index (κ1) is 22.0. The Morgan fingerprint density at radius 2 is 1.54 bits per heavy atom. The third-order valence-electron chi connectivity index (χ3n) is 3.76. The molecule has 0 radical (unpaired) electrons. The zero-order valence-corrected chi connectivity index (χ0v) is 17.2. The number of hydrogen-bond acceptors (Lipinski definition) is 6. The lowest BCUT2D eigenvalue weighted by molar-refractivity contribution is 0.271. The van der Waals surface area contributed by atoms with E-state index < -0.39 is 18.2 Å². The van der Waals surface area contributed by atoms with Gasteiger partial charge in [-0.05, 0) is 46.9 Å². The first-order valence-electron chi connectivity index (χ1n) is 7.91. The molecule has 7 nitrogen and oxygen atoms in total. The van der Waals surface area contributed by atoms with E-state index in [1.165, 1.54) is 43.7 Å². The number of nitrogens with zero attached hydrogens (tertiary/aromatic N) is 3. The number of ether oxygens (including phenoxy) is 2. The molecule has 0 atom stereocenters. The van der Waals surface area contributed by atoms with E-state index in [4.69, 9.17) is 19.7 Å². The van der Waals surface area contributed by atoms with Crippen LogP contribution in [0.2, 0.25) is 0 Å². The van der Waals surface area contributed by atoms with Crippen molar-refractivity contribution < 1.29 is 28.5 Å². The van der Waals surface area contributed by atoms with Crippen LogP contribution in [0.1, 0.15) is 11.1 Å². The number of aromatic nitrogens is 3. The molecule has 0 aliphatic heterocycles. The molecule has 28 heavy (non-hydrogen) atoms. The highest BCUT2D eigenvalue weighted by Crippen LogP contribution is 2.26. The Hall–Kier alpha value is -2.31. The van der Waals surface area contributed by atoms with Crippen LogP contribution < -0.4 is 9.47 Å². The van der Waals surface area contributed by atoms with Gasteiger partial charge in [-0.15, -0.1) is 0 Å². The lowest BCUT2D eigenvalue weighted by atomic mass is 10.1. The normalized spacial score (nSPS) is 10.2. The van der Waals surface area contributed by atoms with Crippen molar-refractivity contribution >= 4 is 22.6 Å². The molecular weight excluding hydrogens is 487 g/mol. The van der Waals surface area contributed by atoms with Crippen molar-refractivity contribution in [2.24, 2.45) is 0 Å². The first-order valence-corrected chi connectivity index (χ1v) is 8.99. The Morgan fingerprint density at radius 1 is 0.964 bits per heavy atom. The van der Waals surface area contributed by atoms with Crippen molar-refractivity contribution in [2.45, 2.75) is 13.2 Å². The Balaban J connectivity index is 0.000000209.